The van der Waals surface area contributed by atoms with Crippen molar-refractivity contribution in [3.05, 3.63) is 68.7 Å². The number of amides is 2. The minimum Gasteiger partial charge on any atom is -0.353 e. The molecule has 6 rings (SSSR count). The summed E-state index contributed by atoms with van der Waals surface area (Å²) in [5, 5.41) is 5.12. The summed E-state index contributed by atoms with van der Waals surface area (Å²) in [6, 6.07) is 7.88. The predicted molar refractivity (Wildman–Crippen MR) is 140 cm³/mol. The van der Waals surface area contributed by atoms with Crippen LogP contribution in [0.5, 0.6) is 0 Å². The van der Waals surface area contributed by atoms with Crippen molar-refractivity contribution < 1.29 is 9.59 Å². The minimum absolute atomic E-state index is 0.0467. The van der Waals surface area contributed by atoms with Crippen molar-refractivity contribution >= 4 is 51.9 Å². The summed E-state index contributed by atoms with van der Waals surface area (Å²) in [5.74, 6) is 0.168. The van der Waals surface area contributed by atoms with Crippen LogP contribution in [0.3, 0.4) is 0 Å². The molecule has 182 valence electrons. The number of hydrogen-bond acceptors (Lipinski definition) is 5. The summed E-state index contributed by atoms with van der Waals surface area (Å²) < 4.78 is 0. The van der Waals surface area contributed by atoms with Crippen LogP contribution >= 0.6 is 35.0 Å². The topological polar surface area (TPSA) is 65.0 Å². The molecule has 1 N–H and O–H groups in total. The molecule has 0 spiro atoms. The van der Waals surface area contributed by atoms with E-state index < -0.39 is 0 Å². The molecule has 0 aromatic heterocycles. The van der Waals surface area contributed by atoms with Gasteiger partial charge < -0.3 is 15.1 Å². The molecule has 5 aliphatic rings. The molecule has 2 amide bonds. The Hall–Kier alpha value is -2.22. The van der Waals surface area contributed by atoms with Crippen molar-refractivity contribution in [1.29, 1.82) is 0 Å². The van der Waals surface area contributed by atoms with E-state index in [-0.39, 0.29) is 35.9 Å². The molecule has 3 unspecified atom stereocenters. The number of allylic oxidation sites excluding steroid dienone is 4. The molecular formula is C26H26Cl2N4O2S. The van der Waals surface area contributed by atoms with Crippen LogP contribution in [0, 0.1) is 11.3 Å². The molecule has 3 heterocycles. The van der Waals surface area contributed by atoms with Crippen LogP contribution in [0.2, 0.25) is 5.02 Å². The molecule has 1 aromatic carbocycles. The third-order valence-corrected chi connectivity index (χ3v) is 9.05. The van der Waals surface area contributed by atoms with E-state index in [2.05, 4.69) is 41.4 Å². The molecule has 1 saturated heterocycles. The lowest BCUT2D eigenvalue weighted by atomic mass is 9.73. The highest BCUT2D eigenvalue weighted by atomic mass is 35.5. The maximum atomic E-state index is 13.6. The van der Waals surface area contributed by atoms with Gasteiger partial charge in [0.2, 0.25) is 5.91 Å². The first-order valence-electron chi connectivity index (χ1n) is 12.0. The Morgan fingerprint density at radius 1 is 1.23 bits per heavy atom. The number of nitrogens with zero attached hydrogens (tertiary/aromatic N) is 3. The number of carbonyl (C=O) groups excluding carboxylic acids is 2. The zero-order valence-electron chi connectivity index (χ0n) is 19.3. The Labute approximate surface area is 219 Å². The van der Waals surface area contributed by atoms with Gasteiger partial charge in [-0.1, -0.05) is 54.4 Å². The summed E-state index contributed by atoms with van der Waals surface area (Å²) in [7, 11) is 0. The Balaban J connectivity index is 1.41. The second-order valence-electron chi connectivity index (χ2n) is 10.0. The van der Waals surface area contributed by atoms with Crippen molar-refractivity contribution in [2.45, 2.75) is 38.3 Å². The van der Waals surface area contributed by atoms with Crippen molar-refractivity contribution in [2.75, 3.05) is 19.6 Å². The fraction of sp³-hybridized carbons (Fsp3) is 0.423. The lowest BCUT2D eigenvalue weighted by Crippen LogP contribution is -2.50. The Bertz CT molecular complexity index is 1220. The number of piperazine rings is 1. The van der Waals surface area contributed by atoms with Gasteiger partial charge in [0.15, 0.2) is 5.17 Å². The van der Waals surface area contributed by atoms with Crippen LogP contribution in [-0.2, 0) is 9.59 Å². The molecule has 9 heteroatoms. The van der Waals surface area contributed by atoms with Gasteiger partial charge in [-0.2, -0.15) is 0 Å². The molecule has 1 aromatic rings. The lowest BCUT2D eigenvalue weighted by molar-refractivity contribution is -0.135. The zero-order chi connectivity index (χ0) is 24.3. The van der Waals surface area contributed by atoms with Gasteiger partial charge in [0.05, 0.1) is 18.6 Å². The SMILES string of the molecule is CC1(C2N=C3SC(C(=O)N4CCNC(=O)C4)=C(C4CC4)N3C2c2ccc(Cl)cc2)C=CC(Cl)=CC1. The Kier molecular flexibility index (Phi) is 5.78. The normalized spacial score (nSPS) is 30.3. The first-order chi connectivity index (χ1) is 16.8. The lowest BCUT2D eigenvalue weighted by Gasteiger charge is -2.39. The van der Waals surface area contributed by atoms with E-state index in [1.165, 1.54) is 11.8 Å². The van der Waals surface area contributed by atoms with E-state index in [1.54, 1.807) is 4.90 Å². The predicted octanol–water partition coefficient (Wildman–Crippen LogP) is 4.84. The number of aliphatic imine (C=N–C) groups is 1. The highest BCUT2D eigenvalue weighted by Gasteiger charge is 2.54. The van der Waals surface area contributed by atoms with E-state index in [4.69, 9.17) is 28.2 Å². The van der Waals surface area contributed by atoms with Crippen molar-refractivity contribution in [2.24, 2.45) is 16.3 Å². The summed E-state index contributed by atoms with van der Waals surface area (Å²) in [4.78, 5) is 35.6. The van der Waals surface area contributed by atoms with E-state index in [1.807, 2.05) is 18.2 Å². The van der Waals surface area contributed by atoms with Gasteiger partial charge in [-0.25, -0.2) is 0 Å². The Morgan fingerprint density at radius 2 is 2.00 bits per heavy atom. The van der Waals surface area contributed by atoms with Gasteiger partial charge in [-0.15, -0.1) is 0 Å². The summed E-state index contributed by atoms with van der Waals surface area (Å²) in [6.07, 6.45) is 9.12. The van der Waals surface area contributed by atoms with Crippen molar-refractivity contribution in [3.8, 4) is 0 Å². The second kappa shape index (κ2) is 8.71. The summed E-state index contributed by atoms with van der Waals surface area (Å²) in [5.41, 5.74) is 1.98. The fourth-order valence-corrected chi connectivity index (χ4v) is 6.89. The molecule has 0 bridgehead atoms. The highest BCUT2D eigenvalue weighted by Crippen LogP contribution is 2.57. The van der Waals surface area contributed by atoms with Gasteiger partial charge in [-0.05, 0) is 54.8 Å². The maximum absolute atomic E-state index is 13.6. The number of amidine groups is 1. The number of nitrogens with one attached hydrogen (secondary N) is 1. The average Bonchev–Trinajstić information content (AvgIpc) is 3.51. The van der Waals surface area contributed by atoms with E-state index in [9.17, 15) is 9.59 Å². The van der Waals surface area contributed by atoms with Gasteiger partial charge in [0, 0.05) is 40.2 Å². The molecule has 3 atom stereocenters. The maximum Gasteiger partial charge on any atom is 0.263 e. The van der Waals surface area contributed by atoms with Gasteiger partial charge in [0.25, 0.3) is 5.91 Å². The van der Waals surface area contributed by atoms with Crippen molar-refractivity contribution in [3.63, 3.8) is 0 Å². The fourth-order valence-electron chi connectivity index (χ4n) is 5.38. The zero-order valence-corrected chi connectivity index (χ0v) is 21.7. The van der Waals surface area contributed by atoms with Crippen LogP contribution in [0.25, 0.3) is 0 Å². The second-order valence-corrected chi connectivity index (χ2v) is 11.9. The molecule has 1 saturated carbocycles. The molecular weight excluding hydrogens is 503 g/mol. The number of fused-ring (bicyclic) bond motifs is 1. The number of halogens is 2. The van der Waals surface area contributed by atoms with Crippen LogP contribution in [0.1, 0.15) is 37.8 Å². The van der Waals surface area contributed by atoms with E-state index in [0.717, 1.165) is 45.6 Å². The third-order valence-electron chi connectivity index (χ3n) is 7.45. The summed E-state index contributed by atoms with van der Waals surface area (Å²) in [6.45, 7) is 3.35. The monoisotopic (exact) mass is 528 g/mol. The average molecular weight is 529 g/mol. The number of carbonyl (C=O) groups is 2. The largest absolute Gasteiger partial charge is 0.353 e. The molecule has 0 radical (unpaired) electrons. The standard InChI is InChI=1S/C26H26Cl2N4O2S/c1-26(10-8-18(28)9-11-26)23-21(16-4-6-17(27)7-5-16)32-20(15-2-3-15)22(35-25(32)30-23)24(34)31-13-12-29-19(33)14-31/h4-10,15,21,23H,2-3,11-14H2,1H3,(H,29,33). The first-order valence-corrected chi connectivity index (χ1v) is 13.6. The number of rotatable bonds is 4. The van der Waals surface area contributed by atoms with E-state index in [0.29, 0.717) is 24.0 Å². The smallest absolute Gasteiger partial charge is 0.263 e. The number of thioether (sulfide) groups is 1. The van der Waals surface area contributed by atoms with Gasteiger partial charge >= 0.3 is 0 Å². The highest BCUT2D eigenvalue weighted by molar-refractivity contribution is 8.18. The summed E-state index contributed by atoms with van der Waals surface area (Å²) >= 11 is 14.0. The quantitative estimate of drug-likeness (QED) is 0.607. The van der Waals surface area contributed by atoms with Gasteiger partial charge in [0.1, 0.15) is 4.91 Å². The molecule has 3 aliphatic heterocycles. The van der Waals surface area contributed by atoms with Crippen LogP contribution in [0.4, 0.5) is 0 Å². The molecule has 2 fully saturated rings. The molecule has 6 nitrogen and oxygen atoms in total. The number of hydrogen-bond donors (Lipinski definition) is 1. The molecule has 2 aliphatic carbocycles. The van der Waals surface area contributed by atoms with E-state index >= 15 is 0 Å². The number of benzene rings is 1. The third kappa shape index (κ3) is 4.11. The van der Waals surface area contributed by atoms with Gasteiger partial charge in [-0.3, -0.25) is 14.6 Å². The minimum atomic E-state index is -0.218. The Morgan fingerprint density at radius 3 is 2.66 bits per heavy atom. The van der Waals surface area contributed by atoms with Crippen LogP contribution < -0.4 is 5.32 Å². The van der Waals surface area contributed by atoms with Crippen molar-refractivity contribution in [1.82, 2.24) is 15.1 Å². The molecule has 35 heavy (non-hydrogen) atoms. The van der Waals surface area contributed by atoms with Crippen LogP contribution in [0.15, 0.2) is 63.1 Å². The van der Waals surface area contributed by atoms with Crippen LogP contribution in [-0.4, -0.2) is 52.5 Å². The first kappa shape index (κ1) is 23.2.